The molecule has 0 amide bonds. The summed E-state index contributed by atoms with van der Waals surface area (Å²) in [6, 6.07) is 9.69. The van der Waals surface area contributed by atoms with E-state index in [9.17, 15) is 9.18 Å². The molecule has 1 N–H and O–H groups in total. The van der Waals surface area contributed by atoms with Crippen molar-refractivity contribution in [3.05, 3.63) is 76.1 Å². The maximum Gasteiger partial charge on any atom is 0.183 e. The van der Waals surface area contributed by atoms with Crippen LogP contribution in [0.5, 0.6) is 0 Å². The molecule has 0 unspecified atom stereocenters. The summed E-state index contributed by atoms with van der Waals surface area (Å²) in [6.45, 7) is 0. The molecule has 0 fully saturated rings. The number of aromatic nitrogens is 2. The minimum atomic E-state index is -0.217. The smallest absolute Gasteiger partial charge is 0.183 e. The summed E-state index contributed by atoms with van der Waals surface area (Å²) >= 11 is 0. The predicted octanol–water partition coefficient (Wildman–Crippen LogP) is 2.36. The van der Waals surface area contributed by atoms with Gasteiger partial charge in [0.2, 0.25) is 0 Å². The van der Waals surface area contributed by atoms with Crippen LogP contribution in [0.15, 0.2) is 53.6 Å². The highest BCUT2D eigenvalue weighted by Gasteiger charge is 2.05. The van der Waals surface area contributed by atoms with E-state index in [4.69, 9.17) is 0 Å². The number of aromatic amines is 1. The molecule has 90 valence electrons. The van der Waals surface area contributed by atoms with Crippen molar-refractivity contribution in [1.29, 1.82) is 0 Å². The summed E-state index contributed by atoms with van der Waals surface area (Å²) in [5, 5.41) is 0. The SMILES string of the molecule is O=c1ccn2cc(Cc3ccccc3F)[nH]c2c1. The Morgan fingerprint density at radius 2 is 2.06 bits per heavy atom. The van der Waals surface area contributed by atoms with E-state index in [1.165, 1.54) is 18.2 Å². The number of hydrogen-bond donors (Lipinski definition) is 1. The topological polar surface area (TPSA) is 37.3 Å². The average molecular weight is 242 g/mol. The Morgan fingerprint density at radius 1 is 1.22 bits per heavy atom. The van der Waals surface area contributed by atoms with Crippen LogP contribution in [0.3, 0.4) is 0 Å². The molecule has 18 heavy (non-hydrogen) atoms. The number of pyridine rings is 1. The van der Waals surface area contributed by atoms with Gasteiger partial charge >= 0.3 is 0 Å². The normalized spacial score (nSPS) is 10.9. The van der Waals surface area contributed by atoms with E-state index in [1.807, 2.05) is 16.7 Å². The van der Waals surface area contributed by atoms with E-state index in [0.29, 0.717) is 17.6 Å². The zero-order valence-electron chi connectivity index (χ0n) is 9.56. The van der Waals surface area contributed by atoms with Crippen molar-refractivity contribution >= 4 is 5.65 Å². The Hall–Kier alpha value is -2.36. The minimum absolute atomic E-state index is 0.0470. The van der Waals surface area contributed by atoms with Crippen molar-refractivity contribution in [2.45, 2.75) is 6.42 Å². The van der Waals surface area contributed by atoms with Crippen LogP contribution in [0.4, 0.5) is 4.39 Å². The summed E-state index contributed by atoms with van der Waals surface area (Å²) in [7, 11) is 0. The molecular formula is C14H11FN2O. The molecule has 1 aromatic carbocycles. The maximum absolute atomic E-state index is 13.5. The van der Waals surface area contributed by atoms with Gasteiger partial charge in [0.15, 0.2) is 5.43 Å². The highest BCUT2D eigenvalue weighted by atomic mass is 19.1. The van der Waals surface area contributed by atoms with Crippen LogP contribution in [-0.4, -0.2) is 9.38 Å². The summed E-state index contributed by atoms with van der Waals surface area (Å²) < 4.78 is 15.3. The molecule has 0 radical (unpaired) electrons. The van der Waals surface area contributed by atoms with Crippen LogP contribution >= 0.6 is 0 Å². The fraction of sp³-hybridized carbons (Fsp3) is 0.0714. The van der Waals surface area contributed by atoms with Gasteiger partial charge in [-0.15, -0.1) is 0 Å². The number of fused-ring (bicyclic) bond motifs is 1. The average Bonchev–Trinajstić information content (AvgIpc) is 2.73. The van der Waals surface area contributed by atoms with Crippen LogP contribution in [0, 0.1) is 5.82 Å². The number of imidazole rings is 1. The van der Waals surface area contributed by atoms with Crippen LogP contribution in [0.25, 0.3) is 5.65 Å². The quantitative estimate of drug-likeness (QED) is 0.736. The second kappa shape index (κ2) is 4.14. The van der Waals surface area contributed by atoms with Gasteiger partial charge in [0.25, 0.3) is 0 Å². The van der Waals surface area contributed by atoms with Crippen molar-refractivity contribution in [2.24, 2.45) is 0 Å². The number of halogens is 1. The van der Waals surface area contributed by atoms with Crippen molar-refractivity contribution in [1.82, 2.24) is 9.38 Å². The number of benzene rings is 1. The van der Waals surface area contributed by atoms with Crippen LogP contribution in [0.2, 0.25) is 0 Å². The zero-order valence-corrected chi connectivity index (χ0v) is 9.56. The van der Waals surface area contributed by atoms with E-state index in [1.54, 1.807) is 18.3 Å². The largest absolute Gasteiger partial charge is 0.343 e. The summed E-state index contributed by atoms with van der Waals surface area (Å²) in [5.41, 5.74) is 2.17. The van der Waals surface area contributed by atoms with E-state index in [2.05, 4.69) is 4.98 Å². The molecule has 2 aromatic heterocycles. The lowest BCUT2D eigenvalue weighted by Gasteiger charge is -1.99. The van der Waals surface area contributed by atoms with Gasteiger partial charge in [0, 0.05) is 36.6 Å². The predicted molar refractivity (Wildman–Crippen MR) is 67.2 cm³/mol. The van der Waals surface area contributed by atoms with Crippen LogP contribution in [0.1, 0.15) is 11.3 Å². The van der Waals surface area contributed by atoms with Crippen molar-refractivity contribution < 1.29 is 4.39 Å². The number of nitrogens with zero attached hydrogens (tertiary/aromatic N) is 1. The zero-order chi connectivity index (χ0) is 12.5. The monoisotopic (exact) mass is 242 g/mol. The summed E-state index contributed by atoms with van der Waals surface area (Å²) in [6.07, 6.45) is 4.03. The Balaban J connectivity index is 2.01. The Kier molecular flexibility index (Phi) is 2.48. The molecule has 0 saturated heterocycles. The molecule has 0 bridgehead atoms. The molecule has 0 atom stereocenters. The van der Waals surface area contributed by atoms with Crippen LogP contribution < -0.4 is 5.43 Å². The Bertz CT molecular complexity index is 758. The number of rotatable bonds is 2. The Morgan fingerprint density at radius 3 is 2.89 bits per heavy atom. The minimum Gasteiger partial charge on any atom is -0.343 e. The molecule has 4 heteroatoms. The summed E-state index contributed by atoms with van der Waals surface area (Å²) in [5.74, 6) is -0.217. The first kappa shape index (κ1) is 10.8. The van der Waals surface area contributed by atoms with Gasteiger partial charge in [0.1, 0.15) is 11.5 Å². The third kappa shape index (κ3) is 1.93. The van der Waals surface area contributed by atoms with Crippen molar-refractivity contribution in [3.8, 4) is 0 Å². The molecule has 0 aliphatic carbocycles. The second-order valence-electron chi connectivity index (χ2n) is 4.20. The van der Waals surface area contributed by atoms with Gasteiger partial charge in [0.05, 0.1) is 0 Å². The van der Waals surface area contributed by atoms with Gasteiger partial charge in [-0.05, 0) is 11.6 Å². The number of H-pyrrole nitrogens is 1. The highest BCUT2D eigenvalue weighted by Crippen LogP contribution is 2.12. The molecule has 0 aliphatic rings. The molecule has 3 rings (SSSR count). The fourth-order valence-corrected chi connectivity index (χ4v) is 2.01. The van der Waals surface area contributed by atoms with E-state index in [0.717, 1.165) is 5.69 Å². The highest BCUT2D eigenvalue weighted by molar-refractivity contribution is 5.40. The first-order valence-electron chi connectivity index (χ1n) is 5.66. The van der Waals surface area contributed by atoms with Gasteiger partial charge in [-0.25, -0.2) is 4.39 Å². The molecule has 3 nitrogen and oxygen atoms in total. The lowest BCUT2D eigenvalue weighted by atomic mass is 10.1. The van der Waals surface area contributed by atoms with E-state index < -0.39 is 0 Å². The van der Waals surface area contributed by atoms with Gasteiger partial charge in [-0.1, -0.05) is 18.2 Å². The summed E-state index contributed by atoms with van der Waals surface area (Å²) in [4.78, 5) is 14.3. The molecule has 0 aliphatic heterocycles. The van der Waals surface area contributed by atoms with Gasteiger partial charge in [-0.2, -0.15) is 0 Å². The third-order valence-electron chi connectivity index (χ3n) is 2.88. The first-order chi connectivity index (χ1) is 8.72. The number of nitrogens with one attached hydrogen (secondary N) is 1. The lowest BCUT2D eigenvalue weighted by molar-refractivity contribution is 0.613. The van der Waals surface area contributed by atoms with Crippen LogP contribution in [-0.2, 0) is 6.42 Å². The maximum atomic E-state index is 13.5. The molecule has 0 saturated carbocycles. The molecule has 0 spiro atoms. The molecular weight excluding hydrogens is 231 g/mol. The standard InChI is InChI=1S/C14H11FN2O/c15-13-4-2-1-3-10(13)7-11-9-17-6-5-12(18)8-14(17)16-11/h1-6,8-9,16H,7H2. The third-order valence-corrected chi connectivity index (χ3v) is 2.88. The molecule has 2 heterocycles. The Labute approximate surface area is 103 Å². The van der Waals surface area contributed by atoms with Gasteiger partial charge in [-0.3, -0.25) is 4.79 Å². The number of hydrogen-bond acceptors (Lipinski definition) is 1. The second-order valence-corrected chi connectivity index (χ2v) is 4.20. The molecule has 3 aromatic rings. The van der Waals surface area contributed by atoms with Crippen molar-refractivity contribution in [3.63, 3.8) is 0 Å². The van der Waals surface area contributed by atoms with Crippen molar-refractivity contribution in [2.75, 3.05) is 0 Å². The lowest BCUT2D eigenvalue weighted by Crippen LogP contribution is -1.97. The van der Waals surface area contributed by atoms with E-state index in [-0.39, 0.29) is 11.2 Å². The fourth-order valence-electron chi connectivity index (χ4n) is 2.01. The van der Waals surface area contributed by atoms with E-state index >= 15 is 0 Å². The van der Waals surface area contributed by atoms with Gasteiger partial charge < -0.3 is 9.38 Å². The first-order valence-corrected chi connectivity index (χ1v) is 5.66.